The van der Waals surface area contributed by atoms with Gasteiger partial charge in [-0.05, 0) is 60.6 Å². The lowest BCUT2D eigenvalue weighted by Crippen LogP contribution is -2.24. The molecule has 3 N–H and O–H groups in total. The molecule has 164 valence electrons. The van der Waals surface area contributed by atoms with E-state index in [0.29, 0.717) is 18.9 Å². The van der Waals surface area contributed by atoms with Crippen molar-refractivity contribution in [1.82, 2.24) is 0 Å². The van der Waals surface area contributed by atoms with Crippen molar-refractivity contribution in [3.8, 4) is 5.75 Å². The molecule has 1 heterocycles. The van der Waals surface area contributed by atoms with E-state index in [1.54, 1.807) is 6.92 Å². The minimum Gasteiger partial charge on any atom is -0.490 e. The molecule has 0 spiro atoms. The van der Waals surface area contributed by atoms with Gasteiger partial charge in [0.05, 0.1) is 30.6 Å². The van der Waals surface area contributed by atoms with E-state index in [-0.39, 0.29) is 18.8 Å². The fourth-order valence-electron chi connectivity index (χ4n) is 4.03. The first-order valence-electron chi connectivity index (χ1n) is 10.9. The second-order valence-electron chi connectivity index (χ2n) is 8.56. The third kappa shape index (κ3) is 5.75. The summed E-state index contributed by atoms with van der Waals surface area (Å²) in [7, 11) is 0. The number of hydrogen-bond donors (Lipinski definition) is 3. The number of benzene rings is 2. The number of ether oxygens (including phenoxy) is 2. The monoisotopic (exact) mass is 413 g/mol. The molecule has 3 atom stereocenters. The number of nitrogens with one attached hydrogen (secondary N) is 1. The van der Waals surface area contributed by atoms with Gasteiger partial charge in [-0.2, -0.15) is 0 Å². The summed E-state index contributed by atoms with van der Waals surface area (Å²) in [4.78, 5) is 0. The van der Waals surface area contributed by atoms with Crippen LogP contribution >= 0.6 is 0 Å². The maximum Gasteiger partial charge on any atom is 0.142 e. The second kappa shape index (κ2) is 10.3. The lowest BCUT2D eigenvalue weighted by atomic mass is 9.90. The zero-order valence-electron chi connectivity index (χ0n) is 18.5. The smallest absolute Gasteiger partial charge is 0.142 e. The molecule has 1 aliphatic rings. The fourth-order valence-corrected chi connectivity index (χ4v) is 4.03. The van der Waals surface area contributed by atoms with Gasteiger partial charge in [0.25, 0.3) is 0 Å². The fraction of sp³-hybridized carbons (Fsp3) is 0.520. The van der Waals surface area contributed by atoms with Crippen molar-refractivity contribution in [1.29, 1.82) is 0 Å². The van der Waals surface area contributed by atoms with Gasteiger partial charge < -0.3 is 25.0 Å². The van der Waals surface area contributed by atoms with Crippen LogP contribution in [0, 0.1) is 0 Å². The highest BCUT2D eigenvalue weighted by atomic mass is 16.5. The first kappa shape index (κ1) is 22.6. The summed E-state index contributed by atoms with van der Waals surface area (Å²) < 4.78 is 11.7. The van der Waals surface area contributed by atoms with Gasteiger partial charge in [-0.1, -0.05) is 38.1 Å². The molecule has 0 radical (unpaired) electrons. The van der Waals surface area contributed by atoms with Crippen LogP contribution in [-0.4, -0.2) is 42.2 Å². The molecule has 5 nitrogen and oxygen atoms in total. The number of anilines is 1. The second-order valence-corrected chi connectivity index (χ2v) is 8.56. The number of fused-ring (bicyclic) bond motifs is 1. The van der Waals surface area contributed by atoms with Crippen molar-refractivity contribution >= 4 is 5.69 Å². The van der Waals surface area contributed by atoms with Crippen LogP contribution in [0.25, 0.3) is 0 Å². The lowest BCUT2D eigenvalue weighted by molar-refractivity contribution is -0.0523. The zero-order valence-corrected chi connectivity index (χ0v) is 18.5. The summed E-state index contributed by atoms with van der Waals surface area (Å²) in [5.41, 5.74) is 5.99. The molecule has 3 rings (SSSR count). The summed E-state index contributed by atoms with van der Waals surface area (Å²) in [6, 6.07) is 12.9. The van der Waals surface area contributed by atoms with Crippen molar-refractivity contribution in [2.45, 2.75) is 64.8 Å². The van der Waals surface area contributed by atoms with Crippen molar-refractivity contribution in [2.24, 2.45) is 0 Å². The number of hydrogen-bond acceptors (Lipinski definition) is 5. The molecule has 0 aromatic heterocycles. The van der Waals surface area contributed by atoms with Gasteiger partial charge in [0, 0.05) is 13.0 Å². The van der Waals surface area contributed by atoms with E-state index in [4.69, 9.17) is 9.47 Å². The molecular weight excluding hydrogens is 378 g/mol. The minimum absolute atomic E-state index is 0.101. The van der Waals surface area contributed by atoms with Crippen molar-refractivity contribution < 1.29 is 19.7 Å². The van der Waals surface area contributed by atoms with E-state index >= 15 is 0 Å². The normalized spacial score (nSPS) is 16.4. The Morgan fingerprint density at radius 3 is 2.60 bits per heavy atom. The molecule has 3 unspecified atom stereocenters. The molecule has 0 bridgehead atoms. The van der Waals surface area contributed by atoms with Crippen LogP contribution in [0.15, 0.2) is 36.4 Å². The van der Waals surface area contributed by atoms with Gasteiger partial charge in [-0.3, -0.25) is 0 Å². The Kier molecular flexibility index (Phi) is 7.75. The van der Waals surface area contributed by atoms with Crippen LogP contribution in [-0.2, 0) is 11.2 Å². The average molecular weight is 414 g/mol. The van der Waals surface area contributed by atoms with E-state index in [9.17, 15) is 10.2 Å². The Morgan fingerprint density at radius 2 is 1.90 bits per heavy atom. The maximum atomic E-state index is 9.62. The first-order chi connectivity index (χ1) is 14.4. The standard InChI is InChI=1S/C25H35NO4/c1-16(2)23-7-6-20(18(4)30-22(15-27)11-17(3)28)14-21(23)12-19-5-8-25-24(13-19)26-9-10-29-25/h5-8,13-14,16-18,22,26-28H,9-12,15H2,1-4H3. The lowest BCUT2D eigenvalue weighted by Gasteiger charge is -2.24. The molecule has 0 aliphatic carbocycles. The quantitative estimate of drug-likeness (QED) is 0.568. The Balaban J connectivity index is 1.82. The zero-order chi connectivity index (χ0) is 21.7. The number of rotatable bonds is 9. The Labute approximate surface area is 180 Å². The first-order valence-corrected chi connectivity index (χ1v) is 10.9. The van der Waals surface area contributed by atoms with Gasteiger partial charge >= 0.3 is 0 Å². The van der Waals surface area contributed by atoms with Crippen LogP contribution in [0.4, 0.5) is 5.69 Å². The predicted molar refractivity (Wildman–Crippen MR) is 120 cm³/mol. The largest absolute Gasteiger partial charge is 0.490 e. The average Bonchev–Trinajstić information content (AvgIpc) is 2.72. The van der Waals surface area contributed by atoms with Gasteiger partial charge in [-0.15, -0.1) is 0 Å². The molecule has 0 fully saturated rings. The van der Waals surface area contributed by atoms with Crippen LogP contribution in [0.3, 0.4) is 0 Å². The molecule has 0 amide bonds. The van der Waals surface area contributed by atoms with E-state index in [2.05, 4.69) is 49.5 Å². The Morgan fingerprint density at radius 1 is 1.10 bits per heavy atom. The van der Waals surface area contributed by atoms with E-state index in [1.165, 1.54) is 16.7 Å². The number of aliphatic hydroxyl groups excluding tert-OH is 2. The van der Waals surface area contributed by atoms with E-state index in [1.807, 2.05) is 13.0 Å². The Hall–Kier alpha value is -2.08. The van der Waals surface area contributed by atoms with Crippen molar-refractivity contribution in [2.75, 3.05) is 25.1 Å². The summed E-state index contributed by atoms with van der Waals surface area (Å²) in [5, 5.41) is 22.6. The molecular formula is C25H35NO4. The summed E-state index contributed by atoms with van der Waals surface area (Å²) >= 11 is 0. The Bertz CT molecular complexity index is 834. The van der Waals surface area contributed by atoms with Crippen LogP contribution < -0.4 is 10.1 Å². The summed E-state index contributed by atoms with van der Waals surface area (Å²) in [5.74, 6) is 1.34. The SMILES string of the molecule is CC(O)CC(CO)OC(C)c1ccc(C(C)C)c(Cc2ccc3c(c2)NCCO3)c1. The third-order valence-electron chi connectivity index (χ3n) is 5.58. The van der Waals surface area contributed by atoms with Crippen LogP contribution in [0.5, 0.6) is 5.75 Å². The molecule has 0 saturated carbocycles. The van der Waals surface area contributed by atoms with Gasteiger partial charge in [0.15, 0.2) is 0 Å². The maximum absolute atomic E-state index is 9.62. The molecule has 5 heteroatoms. The van der Waals surface area contributed by atoms with Crippen LogP contribution in [0.1, 0.15) is 68.4 Å². The van der Waals surface area contributed by atoms with Crippen molar-refractivity contribution in [3.63, 3.8) is 0 Å². The minimum atomic E-state index is -0.505. The molecule has 2 aromatic carbocycles. The van der Waals surface area contributed by atoms with Crippen molar-refractivity contribution in [3.05, 3.63) is 58.7 Å². The highest BCUT2D eigenvalue weighted by Gasteiger charge is 2.18. The third-order valence-corrected chi connectivity index (χ3v) is 5.58. The van der Waals surface area contributed by atoms with Gasteiger partial charge in [-0.25, -0.2) is 0 Å². The molecule has 30 heavy (non-hydrogen) atoms. The molecule has 1 aliphatic heterocycles. The molecule has 2 aromatic rings. The van der Waals surface area contributed by atoms with Gasteiger partial charge in [0.2, 0.25) is 0 Å². The summed E-state index contributed by atoms with van der Waals surface area (Å²) in [6.45, 7) is 9.57. The van der Waals surface area contributed by atoms with E-state index in [0.717, 1.165) is 30.0 Å². The summed E-state index contributed by atoms with van der Waals surface area (Å²) in [6.07, 6.45) is 0.205. The molecule has 0 saturated heterocycles. The highest BCUT2D eigenvalue weighted by molar-refractivity contribution is 5.60. The predicted octanol–water partition coefficient (Wildman–Crippen LogP) is 4.41. The van der Waals surface area contributed by atoms with Gasteiger partial charge in [0.1, 0.15) is 12.4 Å². The highest BCUT2D eigenvalue weighted by Crippen LogP contribution is 2.32. The topological polar surface area (TPSA) is 71.0 Å². The van der Waals surface area contributed by atoms with Crippen LogP contribution in [0.2, 0.25) is 0 Å². The number of aliphatic hydroxyl groups is 2. The van der Waals surface area contributed by atoms with E-state index < -0.39 is 6.10 Å².